The summed E-state index contributed by atoms with van der Waals surface area (Å²) in [4.78, 5) is 38.4. The number of carbonyl (C=O) groups is 2. The second-order valence-electron chi connectivity index (χ2n) is 7.99. The second kappa shape index (κ2) is 8.34. The fraction of sp³-hybridized carbons (Fsp3) is 0.368. The first kappa shape index (κ1) is 22.2. The molecule has 3 aromatic rings. The summed E-state index contributed by atoms with van der Waals surface area (Å²) < 4.78 is 1.40. The van der Waals surface area contributed by atoms with E-state index in [4.69, 9.17) is 11.6 Å². The number of anilines is 1. The Kier molecular flexibility index (Phi) is 5.98. The van der Waals surface area contributed by atoms with Crippen LogP contribution in [-0.4, -0.2) is 43.1 Å². The van der Waals surface area contributed by atoms with Crippen molar-refractivity contribution in [2.75, 3.05) is 11.9 Å². The lowest BCUT2D eigenvalue weighted by Gasteiger charge is -2.16. The number of aromatic amines is 1. The molecule has 0 aliphatic carbocycles. The van der Waals surface area contributed by atoms with Gasteiger partial charge in [0.2, 0.25) is 11.8 Å². The molecule has 0 aliphatic rings. The summed E-state index contributed by atoms with van der Waals surface area (Å²) in [6.45, 7) is 7.48. The predicted octanol–water partition coefficient (Wildman–Crippen LogP) is 3.05. The molecule has 0 unspecified atom stereocenters. The zero-order valence-corrected chi connectivity index (χ0v) is 18.2. The molecule has 12 heteroatoms. The number of hydrogen-bond acceptors (Lipinski definition) is 6. The number of aromatic nitrogens is 4. The van der Waals surface area contributed by atoms with Gasteiger partial charge in [-0.15, -0.1) is 5.10 Å². The number of nitrogens with zero attached hydrogens (tertiary/aromatic N) is 4. The molecular formula is C19H22ClN7O4. The van der Waals surface area contributed by atoms with Crippen LogP contribution in [0.25, 0.3) is 17.0 Å². The Morgan fingerprint density at radius 3 is 2.61 bits per heavy atom. The highest BCUT2D eigenvalue weighted by Gasteiger charge is 2.25. The van der Waals surface area contributed by atoms with E-state index in [1.807, 2.05) is 20.8 Å². The molecule has 0 bridgehead atoms. The van der Waals surface area contributed by atoms with Gasteiger partial charge in [0.05, 0.1) is 21.9 Å². The van der Waals surface area contributed by atoms with Crippen LogP contribution in [0.15, 0.2) is 18.2 Å². The first-order valence-corrected chi connectivity index (χ1v) is 9.83. The summed E-state index contributed by atoms with van der Waals surface area (Å²) >= 11 is 6.46. The summed E-state index contributed by atoms with van der Waals surface area (Å²) in [5.74, 6) is -0.455. The molecule has 164 valence electrons. The number of amides is 2. The highest BCUT2D eigenvalue weighted by molar-refractivity contribution is 6.34. The number of benzene rings is 1. The maximum atomic E-state index is 12.3. The molecule has 0 aliphatic heterocycles. The quantitative estimate of drug-likeness (QED) is 0.390. The summed E-state index contributed by atoms with van der Waals surface area (Å²) in [5, 5.41) is 24.3. The number of H-pyrrole nitrogens is 1. The highest BCUT2D eigenvalue weighted by atomic mass is 35.5. The van der Waals surface area contributed by atoms with Crippen LogP contribution in [-0.2, 0) is 15.0 Å². The molecule has 3 N–H and O–H groups in total. The van der Waals surface area contributed by atoms with Gasteiger partial charge in [-0.1, -0.05) is 32.4 Å². The fourth-order valence-electron chi connectivity index (χ4n) is 2.91. The van der Waals surface area contributed by atoms with E-state index in [0.29, 0.717) is 16.4 Å². The van der Waals surface area contributed by atoms with Crippen molar-refractivity contribution in [3.63, 3.8) is 0 Å². The molecule has 0 saturated carbocycles. The highest BCUT2D eigenvalue weighted by Crippen LogP contribution is 2.34. The first-order chi connectivity index (χ1) is 14.5. The van der Waals surface area contributed by atoms with Crippen LogP contribution < -0.4 is 10.6 Å². The van der Waals surface area contributed by atoms with Crippen molar-refractivity contribution in [3.05, 3.63) is 39.0 Å². The minimum absolute atomic E-state index is 0.0359. The third-order valence-corrected chi connectivity index (χ3v) is 4.80. The average Bonchev–Trinajstić information content (AvgIpc) is 3.21. The molecule has 1 aromatic carbocycles. The van der Waals surface area contributed by atoms with Crippen LogP contribution in [0.5, 0.6) is 0 Å². The van der Waals surface area contributed by atoms with E-state index in [0.717, 1.165) is 5.69 Å². The van der Waals surface area contributed by atoms with Crippen molar-refractivity contribution >= 4 is 40.4 Å². The van der Waals surface area contributed by atoms with Gasteiger partial charge in [0.1, 0.15) is 5.02 Å². The van der Waals surface area contributed by atoms with Gasteiger partial charge in [-0.05, 0) is 6.07 Å². The molecule has 0 saturated heterocycles. The van der Waals surface area contributed by atoms with Crippen LogP contribution >= 0.6 is 11.6 Å². The molecule has 0 atom stereocenters. The SMILES string of the molecule is CC(=O)NCCC(=O)Nc1ccc([N+](=O)[O-])cc1-c1nc2c(Cl)c(C(C)(C)C)[nH]n2n1. The van der Waals surface area contributed by atoms with Crippen molar-refractivity contribution in [2.24, 2.45) is 0 Å². The fourth-order valence-corrected chi connectivity index (χ4v) is 3.36. The number of non-ortho nitro benzene ring substituents is 1. The molecule has 31 heavy (non-hydrogen) atoms. The number of nitrogens with one attached hydrogen (secondary N) is 3. The van der Waals surface area contributed by atoms with E-state index in [9.17, 15) is 19.7 Å². The van der Waals surface area contributed by atoms with Gasteiger partial charge in [0, 0.05) is 37.4 Å². The monoisotopic (exact) mass is 447 g/mol. The van der Waals surface area contributed by atoms with Gasteiger partial charge in [-0.3, -0.25) is 24.8 Å². The maximum Gasteiger partial charge on any atom is 0.270 e. The van der Waals surface area contributed by atoms with E-state index >= 15 is 0 Å². The zero-order chi connectivity index (χ0) is 22.9. The smallest absolute Gasteiger partial charge is 0.270 e. The minimum Gasteiger partial charge on any atom is -0.356 e. The topological polar surface area (TPSA) is 147 Å². The number of nitro groups is 1. The van der Waals surface area contributed by atoms with Crippen LogP contribution in [0.3, 0.4) is 0 Å². The first-order valence-electron chi connectivity index (χ1n) is 9.45. The molecule has 2 aromatic heterocycles. The van der Waals surface area contributed by atoms with Gasteiger partial charge in [-0.25, -0.2) is 4.98 Å². The minimum atomic E-state index is -0.543. The molecular weight excluding hydrogens is 426 g/mol. The lowest BCUT2D eigenvalue weighted by atomic mass is 9.92. The van der Waals surface area contributed by atoms with Crippen LogP contribution in [0.2, 0.25) is 5.02 Å². The molecule has 2 amide bonds. The average molecular weight is 448 g/mol. The van der Waals surface area contributed by atoms with Gasteiger partial charge < -0.3 is 10.6 Å². The van der Waals surface area contributed by atoms with E-state index in [1.165, 1.54) is 29.8 Å². The van der Waals surface area contributed by atoms with Crippen molar-refractivity contribution in [3.8, 4) is 11.4 Å². The van der Waals surface area contributed by atoms with Crippen molar-refractivity contribution in [1.29, 1.82) is 0 Å². The Labute approximate surface area is 182 Å². The molecule has 2 heterocycles. The number of hydrogen-bond donors (Lipinski definition) is 3. The van der Waals surface area contributed by atoms with E-state index in [2.05, 4.69) is 25.8 Å². The van der Waals surface area contributed by atoms with Gasteiger partial charge in [-0.2, -0.15) is 4.63 Å². The third-order valence-electron chi connectivity index (χ3n) is 4.45. The lowest BCUT2D eigenvalue weighted by molar-refractivity contribution is -0.384. The molecule has 0 radical (unpaired) electrons. The van der Waals surface area contributed by atoms with E-state index in [1.54, 1.807) is 0 Å². The Balaban J connectivity index is 1.98. The summed E-state index contributed by atoms with van der Waals surface area (Å²) in [6, 6.07) is 3.98. The number of halogens is 1. The third kappa shape index (κ3) is 4.82. The Morgan fingerprint density at radius 1 is 1.32 bits per heavy atom. The van der Waals surface area contributed by atoms with Gasteiger partial charge >= 0.3 is 0 Å². The van der Waals surface area contributed by atoms with Crippen LogP contribution in [0.4, 0.5) is 11.4 Å². The number of nitro benzene ring substituents is 1. The second-order valence-corrected chi connectivity index (χ2v) is 8.37. The lowest BCUT2D eigenvalue weighted by Crippen LogP contribution is -2.25. The predicted molar refractivity (Wildman–Crippen MR) is 115 cm³/mol. The maximum absolute atomic E-state index is 12.3. The van der Waals surface area contributed by atoms with Crippen LogP contribution in [0, 0.1) is 10.1 Å². The van der Waals surface area contributed by atoms with Gasteiger partial charge in [0.15, 0.2) is 11.5 Å². The standard InChI is InChI=1S/C19H22ClN7O4/c1-10(28)21-8-7-14(29)22-13-6-5-11(27(30)31)9-12(13)17-23-18-15(20)16(19(2,3)4)24-26(18)25-17/h5-6,9,24H,7-8H2,1-4H3,(H,21,28)(H,22,29). The summed E-state index contributed by atoms with van der Waals surface area (Å²) in [6.07, 6.45) is 0.0359. The number of carbonyl (C=O) groups excluding carboxylic acids is 2. The van der Waals surface area contributed by atoms with Crippen molar-refractivity contribution < 1.29 is 14.5 Å². The number of rotatable bonds is 6. The normalized spacial score (nSPS) is 11.5. The molecule has 11 nitrogen and oxygen atoms in total. The van der Waals surface area contributed by atoms with Crippen molar-refractivity contribution in [2.45, 2.75) is 39.5 Å². The Morgan fingerprint density at radius 2 is 2.03 bits per heavy atom. The summed E-state index contributed by atoms with van der Waals surface area (Å²) in [7, 11) is 0. The largest absolute Gasteiger partial charge is 0.356 e. The summed E-state index contributed by atoms with van der Waals surface area (Å²) in [5.41, 5.74) is 1.26. The molecule has 0 spiro atoms. The Hall–Kier alpha value is -3.47. The number of fused-ring (bicyclic) bond motifs is 1. The molecule has 0 fully saturated rings. The van der Waals surface area contributed by atoms with Gasteiger partial charge in [0.25, 0.3) is 5.69 Å². The van der Waals surface area contributed by atoms with E-state index < -0.39 is 4.92 Å². The van der Waals surface area contributed by atoms with E-state index in [-0.39, 0.29) is 47.3 Å². The zero-order valence-electron chi connectivity index (χ0n) is 17.4. The Bertz CT molecular complexity index is 1180. The van der Waals surface area contributed by atoms with Crippen molar-refractivity contribution in [1.82, 2.24) is 25.1 Å². The van der Waals surface area contributed by atoms with Crippen LogP contribution in [0.1, 0.15) is 39.8 Å². The molecule has 3 rings (SSSR count).